The van der Waals surface area contributed by atoms with Crippen LogP contribution in [0.25, 0.3) is 11.6 Å². The van der Waals surface area contributed by atoms with Crippen LogP contribution in [-0.2, 0) is 20.8 Å². The number of aromatic amines is 1. The van der Waals surface area contributed by atoms with Gasteiger partial charge in [-0.1, -0.05) is 6.07 Å². The number of fused-ring (bicyclic) bond motifs is 1. The van der Waals surface area contributed by atoms with E-state index in [0.717, 1.165) is 24.1 Å². The maximum atomic E-state index is 12.9. The molecule has 1 saturated heterocycles. The molecule has 0 radical (unpaired) electrons. The van der Waals surface area contributed by atoms with Crippen molar-refractivity contribution in [3.63, 3.8) is 0 Å². The topological polar surface area (TPSA) is 142 Å². The summed E-state index contributed by atoms with van der Waals surface area (Å²) in [7, 11) is 0. The average Bonchev–Trinajstić information content (AvgIpc) is 3.41. The number of carboxylic acid groups (broad SMARTS) is 1. The van der Waals surface area contributed by atoms with Gasteiger partial charge in [-0.15, -0.1) is 0 Å². The van der Waals surface area contributed by atoms with Gasteiger partial charge in [0.15, 0.2) is 0 Å². The Hall–Kier alpha value is -3.47. The average molecular weight is 466 g/mol. The van der Waals surface area contributed by atoms with Crippen LogP contribution in [0, 0.1) is 19.1 Å². The lowest BCUT2D eigenvalue weighted by Crippen LogP contribution is -3.11. The smallest absolute Gasteiger partial charge is 0.307 e. The molecule has 2 aliphatic heterocycles. The van der Waals surface area contributed by atoms with E-state index in [2.05, 4.69) is 15.6 Å². The van der Waals surface area contributed by atoms with Crippen molar-refractivity contribution in [2.75, 3.05) is 23.7 Å². The standard InChI is InChI=1S/C24H27N5O5/c1-12-17(11-21(30)31)13(2)25-19(12)10-18-16-6-3-14(9-20(16)27-22(18)32)26-23(33)24-28(15-4-5-15)7-8-29(24)34/h3,6,9-10,15,24-25,29H,4-5,7-8,11H2,1-2H3,(H,26,33)(H,27,32)(H,30,31)/b18-10-. The summed E-state index contributed by atoms with van der Waals surface area (Å²) in [5, 5.41) is 27.1. The Morgan fingerprint density at radius 3 is 2.79 bits per heavy atom. The van der Waals surface area contributed by atoms with Gasteiger partial charge in [-0.25, -0.2) is 4.90 Å². The maximum Gasteiger partial charge on any atom is 0.307 e. The molecule has 10 nitrogen and oxygen atoms in total. The second kappa shape index (κ2) is 8.39. The van der Waals surface area contributed by atoms with Gasteiger partial charge in [0.05, 0.1) is 30.8 Å². The largest absolute Gasteiger partial charge is 0.633 e. The number of hydrogen-bond donors (Lipinski definition) is 5. The fourth-order valence-electron chi connectivity index (χ4n) is 4.93. The van der Waals surface area contributed by atoms with E-state index >= 15 is 0 Å². The highest BCUT2D eigenvalue weighted by Gasteiger charge is 2.45. The first kappa shape index (κ1) is 22.3. The Bertz CT molecular complexity index is 1230. The molecule has 1 aliphatic carbocycles. The van der Waals surface area contributed by atoms with Gasteiger partial charge in [0.25, 0.3) is 11.8 Å². The molecule has 2 aromatic rings. The number of hydroxylamine groups is 2. The Morgan fingerprint density at radius 1 is 1.32 bits per heavy atom. The predicted molar refractivity (Wildman–Crippen MR) is 126 cm³/mol. The number of nitrogens with zero attached hydrogens (tertiary/aromatic N) is 1. The minimum absolute atomic E-state index is 0.0528. The van der Waals surface area contributed by atoms with Gasteiger partial charge < -0.3 is 31.0 Å². The molecule has 1 aromatic carbocycles. The summed E-state index contributed by atoms with van der Waals surface area (Å²) in [5.41, 5.74) is 5.15. The number of carboxylic acids is 1. The second-order valence-electron chi connectivity index (χ2n) is 9.19. The normalized spacial score (nSPS) is 23.3. The summed E-state index contributed by atoms with van der Waals surface area (Å²) >= 11 is 0. The molecular weight excluding hydrogens is 438 g/mol. The number of quaternary nitrogens is 1. The SMILES string of the molecule is Cc1[nH]c(/C=C2\C(=O)Nc3cc(NC(=O)C4N(C5CC5)CC[NH+]4[O-])ccc32)c(C)c1CC(=O)O. The number of benzene rings is 1. The van der Waals surface area contributed by atoms with E-state index in [0.29, 0.717) is 52.9 Å². The number of aromatic nitrogens is 1. The summed E-state index contributed by atoms with van der Waals surface area (Å²) in [4.78, 5) is 41.9. The molecule has 3 aliphatic rings. The van der Waals surface area contributed by atoms with Gasteiger partial charge in [-0.05, 0) is 56.0 Å². The summed E-state index contributed by atoms with van der Waals surface area (Å²) in [5.74, 6) is -1.53. The Morgan fingerprint density at radius 2 is 2.09 bits per heavy atom. The first-order chi connectivity index (χ1) is 16.2. The van der Waals surface area contributed by atoms with E-state index in [4.69, 9.17) is 5.11 Å². The number of carbonyl (C=O) groups is 3. The third kappa shape index (κ3) is 4.00. The first-order valence-corrected chi connectivity index (χ1v) is 11.4. The predicted octanol–water partition coefficient (Wildman–Crippen LogP) is 0.877. The number of aryl methyl sites for hydroxylation is 1. The molecule has 1 saturated carbocycles. The molecule has 5 N–H and O–H groups in total. The summed E-state index contributed by atoms with van der Waals surface area (Å²) < 4.78 is 0. The van der Waals surface area contributed by atoms with Crippen LogP contribution in [0.4, 0.5) is 11.4 Å². The zero-order valence-corrected chi connectivity index (χ0v) is 19.0. The molecule has 2 fully saturated rings. The van der Waals surface area contributed by atoms with Crippen LogP contribution in [0.2, 0.25) is 0 Å². The second-order valence-corrected chi connectivity index (χ2v) is 9.19. The number of anilines is 2. The Balaban J connectivity index is 1.37. The van der Waals surface area contributed by atoms with Crippen LogP contribution in [0.1, 0.15) is 40.9 Å². The van der Waals surface area contributed by atoms with Gasteiger partial charge in [0.2, 0.25) is 6.17 Å². The van der Waals surface area contributed by atoms with Crippen molar-refractivity contribution in [1.82, 2.24) is 9.88 Å². The summed E-state index contributed by atoms with van der Waals surface area (Å²) in [6.45, 7) is 4.66. The lowest BCUT2D eigenvalue weighted by Gasteiger charge is -2.27. The van der Waals surface area contributed by atoms with Crippen molar-refractivity contribution in [3.8, 4) is 0 Å². The maximum absolute atomic E-state index is 12.9. The van der Waals surface area contributed by atoms with Crippen molar-refractivity contribution in [3.05, 3.63) is 51.5 Å². The monoisotopic (exact) mass is 465 g/mol. The van der Waals surface area contributed by atoms with E-state index in [9.17, 15) is 19.6 Å². The molecule has 2 atom stereocenters. The number of rotatable bonds is 6. The van der Waals surface area contributed by atoms with Crippen LogP contribution < -0.4 is 15.7 Å². The molecule has 178 valence electrons. The summed E-state index contributed by atoms with van der Waals surface area (Å²) in [6, 6.07) is 5.49. The van der Waals surface area contributed by atoms with Gasteiger partial charge in [-0.2, -0.15) is 0 Å². The van der Waals surface area contributed by atoms with Crippen LogP contribution >= 0.6 is 0 Å². The van der Waals surface area contributed by atoms with Crippen LogP contribution in [0.5, 0.6) is 0 Å². The molecule has 0 spiro atoms. The molecule has 10 heteroatoms. The molecule has 2 amide bonds. The van der Waals surface area contributed by atoms with Crippen molar-refractivity contribution in [1.29, 1.82) is 0 Å². The number of amides is 2. The Labute approximate surface area is 196 Å². The number of hydrogen-bond acceptors (Lipinski definition) is 5. The van der Waals surface area contributed by atoms with E-state index in [1.54, 1.807) is 24.3 Å². The summed E-state index contributed by atoms with van der Waals surface area (Å²) in [6.07, 6.45) is 2.93. The number of H-pyrrole nitrogens is 1. The van der Waals surface area contributed by atoms with E-state index in [1.807, 2.05) is 18.7 Å². The van der Waals surface area contributed by atoms with Gasteiger partial charge in [0.1, 0.15) is 0 Å². The highest BCUT2D eigenvalue weighted by molar-refractivity contribution is 6.35. The van der Waals surface area contributed by atoms with Gasteiger partial charge in [-0.3, -0.25) is 14.4 Å². The molecule has 34 heavy (non-hydrogen) atoms. The third-order valence-corrected chi connectivity index (χ3v) is 6.84. The Kier molecular flexibility index (Phi) is 5.51. The highest BCUT2D eigenvalue weighted by Crippen LogP contribution is 2.36. The van der Waals surface area contributed by atoms with Crippen molar-refractivity contribution < 1.29 is 24.6 Å². The molecule has 1 aromatic heterocycles. The molecule has 5 rings (SSSR count). The zero-order chi connectivity index (χ0) is 24.1. The molecule has 2 unspecified atom stereocenters. The van der Waals surface area contributed by atoms with Crippen LogP contribution in [-0.4, -0.2) is 58.1 Å². The highest BCUT2D eigenvalue weighted by atomic mass is 16.5. The van der Waals surface area contributed by atoms with Gasteiger partial charge >= 0.3 is 5.97 Å². The van der Waals surface area contributed by atoms with E-state index < -0.39 is 12.1 Å². The lowest BCUT2D eigenvalue weighted by molar-refractivity contribution is -0.857. The van der Waals surface area contributed by atoms with Crippen molar-refractivity contribution >= 4 is 40.8 Å². The number of nitrogens with one attached hydrogen (secondary N) is 4. The number of aliphatic carboxylic acids is 1. The quantitative estimate of drug-likeness (QED) is 0.317. The first-order valence-electron chi connectivity index (χ1n) is 11.4. The molecule has 0 bridgehead atoms. The molecular formula is C24H27N5O5. The van der Waals surface area contributed by atoms with Crippen molar-refractivity contribution in [2.24, 2.45) is 0 Å². The fraction of sp³-hybridized carbons (Fsp3) is 0.375. The molecule has 3 heterocycles. The minimum Gasteiger partial charge on any atom is -0.633 e. The van der Waals surface area contributed by atoms with Crippen molar-refractivity contribution in [2.45, 2.75) is 45.3 Å². The van der Waals surface area contributed by atoms with Crippen LogP contribution in [0.15, 0.2) is 18.2 Å². The van der Waals surface area contributed by atoms with Gasteiger partial charge in [0, 0.05) is 28.7 Å². The third-order valence-electron chi connectivity index (χ3n) is 6.84. The van der Waals surface area contributed by atoms with E-state index in [1.165, 1.54) is 0 Å². The fourth-order valence-corrected chi connectivity index (χ4v) is 4.93. The lowest BCUT2D eigenvalue weighted by atomic mass is 10.0. The minimum atomic E-state index is -0.914. The van der Waals surface area contributed by atoms with Crippen LogP contribution in [0.3, 0.4) is 0 Å². The number of carbonyl (C=O) groups excluding carboxylic acids is 2. The zero-order valence-electron chi connectivity index (χ0n) is 19.0. The van der Waals surface area contributed by atoms with E-state index in [-0.39, 0.29) is 23.3 Å².